The molecular weight excluding hydrogens is 483 g/mol. The van der Waals surface area contributed by atoms with Crippen molar-refractivity contribution in [3.8, 4) is 5.69 Å². The Bertz CT molecular complexity index is 1500. The second-order valence-corrected chi connectivity index (χ2v) is 10.6. The van der Waals surface area contributed by atoms with E-state index in [1.165, 1.54) is 22.6 Å². The van der Waals surface area contributed by atoms with Gasteiger partial charge in [-0.15, -0.1) is 0 Å². The Morgan fingerprint density at radius 3 is 2.36 bits per heavy atom. The normalized spacial score (nSPS) is 15.3. The van der Waals surface area contributed by atoms with E-state index < -0.39 is 10.0 Å². The van der Waals surface area contributed by atoms with Gasteiger partial charge in [0.1, 0.15) is 5.82 Å². The van der Waals surface area contributed by atoms with Crippen LogP contribution in [-0.2, 0) is 16.6 Å². The molecule has 1 aliphatic heterocycles. The molecular formula is C25H25FN6O3S. The van der Waals surface area contributed by atoms with Crippen LogP contribution in [0.3, 0.4) is 0 Å². The number of rotatable bonds is 6. The zero-order chi connectivity index (χ0) is 25.3. The molecule has 0 unspecified atom stereocenters. The van der Waals surface area contributed by atoms with E-state index in [9.17, 15) is 17.6 Å². The van der Waals surface area contributed by atoms with Gasteiger partial charge < -0.3 is 10.2 Å². The summed E-state index contributed by atoms with van der Waals surface area (Å²) in [7, 11) is -1.57. The number of aromatic nitrogens is 3. The Labute approximate surface area is 208 Å². The summed E-state index contributed by atoms with van der Waals surface area (Å²) in [5, 5.41) is 7.81. The van der Waals surface area contributed by atoms with E-state index >= 15 is 0 Å². The maximum atomic E-state index is 13.3. The summed E-state index contributed by atoms with van der Waals surface area (Å²) in [6.07, 6.45) is 4.65. The van der Waals surface area contributed by atoms with Crippen LogP contribution in [0.5, 0.6) is 0 Å². The fraction of sp³-hybridized carbons (Fsp3) is 0.240. The highest BCUT2D eigenvalue weighted by Gasteiger charge is 2.27. The van der Waals surface area contributed by atoms with Crippen LogP contribution in [0.25, 0.3) is 16.6 Å². The lowest BCUT2D eigenvalue weighted by Crippen LogP contribution is -2.47. The van der Waals surface area contributed by atoms with Crippen LogP contribution in [0.1, 0.15) is 15.9 Å². The summed E-state index contributed by atoms with van der Waals surface area (Å²) in [4.78, 5) is 19.5. The van der Waals surface area contributed by atoms with E-state index in [-0.39, 0.29) is 23.2 Å². The average Bonchev–Trinajstić information content (AvgIpc) is 3.32. The number of amides is 1. The van der Waals surface area contributed by atoms with Gasteiger partial charge in [-0.1, -0.05) is 12.1 Å². The van der Waals surface area contributed by atoms with Crippen molar-refractivity contribution in [2.24, 2.45) is 0 Å². The molecule has 1 N–H and O–H groups in total. The first-order valence-corrected chi connectivity index (χ1v) is 12.9. The fourth-order valence-corrected chi connectivity index (χ4v) is 5.57. The molecule has 3 heterocycles. The summed E-state index contributed by atoms with van der Waals surface area (Å²) in [6.45, 7) is 2.56. The predicted octanol–water partition coefficient (Wildman–Crippen LogP) is 2.43. The van der Waals surface area contributed by atoms with Crippen LogP contribution in [0.15, 0.2) is 72.0 Å². The molecule has 11 heteroatoms. The highest BCUT2D eigenvalue weighted by Crippen LogP contribution is 2.22. The van der Waals surface area contributed by atoms with Gasteiger partial charge >= 0.3 is 0 Å². The molecule has 186 valence electrons. The Balaban J connectivity index is 1.28. The molecule has 1 fully saturated rings. The number of benzene rings is 2. The Morgan fingerprint density at radius 2 is 1.67 bits per heavy atom. The van der Waals surface area contributed by atoms with E-state index in [0.29, 0.717) is 48.3 Å². The minimum atomic E-state index is -3.54. The number of carbonyl (C=O) groups excluding carboxylic acids is 1. The maximum Gasteiger partial charge on any atom is 0.253 e. The number of fused-ring (bicyclic) bond motifs is 1. The molecule has 5 rings (SSSR count). The average molecular weight is 509 g/mol. The molecule has 1 saturated heterocycles. The molecule has 0 aliphatic carbocycles. The van der Waals surface area contributed by atoms with Crippen LogP contribution >= 0.6 is 0 Å². The van der Waals surface area contributed by atoms with Crippen LogP contribution in [0.4, 0.5) is 4.39 Å². The summed E-state index contributed by atoms with van der Waals surface area (Å²) in [5.41, 5.74) is 2.39. The van der Waals surface area contributed by atoms with Crippen LogP contribution in [0, 0.1) is 5.82 Å². The van der Waals surface area contributed by atoms with E-state index in [1.807, 2.05) is 7.05 Å². The molecule has 1 aliphatic rings. The number of pyridine rings is 1. The third-order valence-electron chi connectivity index (χ3n) is 6.29. The fourth-order valence-electron chi connectivity index (χ4n) is 4.14. The van der Waals surface area contributed by atoms with Gasteiger partial charge in [-0.2, -0.15) is 9.40 Å². The van der Waals surface area contributed by atoms with Crippen LogP contribution < -0.4 is 5.32 Å². The Kier molecular flexibility index (Phi) is 6.52. The third kappa shape index (κ3) is 4.72. The lowest BCUT2D eigenvalue weighted by molar-refractivity contribution is 0.0952. The van der Waals surface area contributed by atoms with Crippen molar-refractivity contribution < 1.29 is 17.6 Å². The lowest BCUT2D eigenvalue weighted by atomic mass is 10.1. The molecule has 0 radical (unpaired) electrons. The molecule has 0 atom stereocenters. The van der Waals surface area contributed by atoms with Crippen molar-refractivity contribution in [3.63, 3.8) is 0 Å². The SMILES string of the molecule is CN1CCN(S(=O)(=O)c2ccc(CNC(=O)c3cncc4c3cnn4-c3ccc(F)cc3)cc2)CC1. The second-order valence-electron chi connectivity index (χ2n) is 8.69. The first kappa shape index (κ1) is 24.0. The molecule has 1 amide bonds. The highest BCUT2D eigenvalue weighted by molar-refractivity contribution is 7.89. The van der Waals surface area contributed by atoms with Gasteiger partial charge in [-0.05, 0) is 49.0 Å². The molecule has 4 aromatic rings. The topological polar surface area (TPSA) is 100 Å². The van der Waals surface area contributed by atoms with Crippen molar-refractivity contribution in [1.29, 1.82) is 0 Å². The number of nitrogens with one attached hydrogen (secondary N) is 1. The number of sulfonamides is 1. The highest BCUT2D eigenvalue weighted by atomic mass is 32.2. The number of likely N-dealkylation sites (N-methyl/N-ethyl adjacent to an activating group) is 1. The summed E-state index contributed by atoms with van der Waals surface area (Å²) < 4.78 is 42.2. The van der Waals surface area contributed by atoms with Crippen molar-refractivity contribution >= 4 is 26.8 Å². The Morgan fingerprint density at radius 1 is 0.972 bits per heavy atom. The van der Waals surface area contributed by atoms with Crippen molar-refractivity contribution in [2.75, 3.05) is 33.2 Å². The monoisotopic (exact) mass is 508 g/mol. The molecule has 0 bridgehead atoms. The minimum absolute atomic E-state index is 0.218. The number of nitrogens with zero attached hydrogens (tertiary/aromatic N) is 5. The molecule has 0 spiro atoms. The number of carbonyl (C=O) groups is 1. The molecule has 9 nitrogen and oxygen atoms in total. The van der Waals surface area contributed by atoms with Crippen LogP contribution in [-0.4, -0.2) is 71.5 Å². The summed E-state index contributed by atoms with van der Waals surface area (Å²) in [5.74, 6) is -0.681. The second kappa shape index (κ2) is 9.76. The van der Waals surface area contributed by atoms with Gasteiger partial charge in [-0.25, -0.2) is 17.5 Å². The molecule has 2 aromatic heterocycles. The van der Waals surface area contributed by atoms with E-state index in [0.717, 1.165) is 5.56 Å². The number of hydrogen-bond acceptors (Lipinski definition) is 6. The largest absolute Gasteiger partial charge is 0.348 e. The standard InChI is InChI=1S/C25H25FN6O3S/c1-30-10-12-31(13-11-30)36(34,35)21-8-2-18(3-9-21)14-28-25(33)23-15-27-17-24-22(23)16-29-32(24)20-6-4-19(26)5-7-20/h2-9,15-17H,10-14H2,1H3,(H,28,33). The number of halogens is 1. The van der Waals surface area contributed by atoms with E-state index in [1.54, 1.807) is 53.5 Å². The van der Waals surface area contributed by atoms with Gasteiger partial charge in [0.15, 0.2) is 0 Å². The van der Waals surface area contributed by atoms with E-state index in [4.69, 9.17) is 0 Å². The predicted molar refractivity (Wildman–Crippen MR) is 133 cm³/mol. The maximum absolute atomic E-state index is 13.3. The third-order valence-corrected chi connectivity index (χ3v) is 8.20. The van der Waals surface area contributed by atoms with Gasteiger partial charge in [-0.3, -0.25) is 9.78 Å². The van der Waals surface area contributed by atoms with Crippen LogP contribution in [0.2, 0.25) is 0 Å². The smallest absolute Gasteiger partial charge is 0.253 e. The first-order chi connectivity index (χ1) is 17.3. The van der Waals surface area contributed by atoms with Gasteiger partial charge in [0.25, 0.3) is 5.91 Å². The van der Waals surface area contributed by atoms with Gasteiger partial charge in [0, 0.05) is 44.3 Å². The van der Waals surface area contributed by atoms with E-state index in [2.05, 4.69) is 20.3 Å². The number of piperazine rings is 1. The summed E-state index contributed by atoms with van der Waals surface area (Å²) >= 11 is 0. The first-order valence-electron chi connectivity index (χ1n) is 11.5. The van der Waals surface area contributed by atoms with Crippen molar-refractivity contribution in [3.05, 3.63) is 84.1 Å². The number of hydrogen-bond donors (Lipinski definition) is 1. The quantitative estimate of drug-likeness (QED) is 0.429. The van der Waals surface area contributed by atoms with Crippen molar-refractivity contribution in [2.45, 2.75) is 11.4 Å². The van der Waals surface area contributed by atoms with Gasteiger partial charge in [0.2, 0.25) is 10.0 Å². The zero-order valence-corrected chi connectivity index (χ0v) is 20.4. The Hall–Kier alpha value is -3.67. The molecule has 2 aromatic carbocycles. The zero-order valence-electron chi connectivity index (χ0n) is 19.6. The minimum Gasteiger partial charge on any atom is -0.348 e. The van der Waals surface area contributed by atoms with Gasteiger partial charge in [0.05, 0.1) is 34.1 Å². The molecule has 0 saturated carbocycles. The molecule has 36 heavy (non-hydrogen) atoms. The lowest BCUT2D eigenvalue weighted by Gasteiger charge is -2.31. The van der Waals surface area contributed by atoms with Crippen molar-refractivity contribution in [1.82, 2.24) is 29.3 Å². The summed E-state index contributed by atoms with van der Waals surface area (Å²) in [6, 6.07) is 12.4.